The number of ether oxygens (including phenoxy) is 2. The molecule has 0 saturated carbocycles. The van der Waals surface area contributed by atoms with Gasteiger partial charge in [-0.2, -0.15) is 20.5 Å². The molecule has 2 unspecified atom stereocenters. The highest BCUT2D eigenvalue weighted by atomic mass is 35.5. The molecule has 0 radical (unpaired) electrons. The molecule has 0 aliphatic heterocycles. The smallest absolute Gasteiger partial charge is 0.258 e. The Kier molecular flexibility index (Phi) is 18.1. The predicted molar refractivity (Wildman–Crippen MR) is 255 cm³/mol. The van der Waals surface area contributed by atoms with E-state index in [0.29, 0.717) is 39.6 Å². The number of hydrogen-bond acceptors (Lipinski definition) is 12. The topological polar surface area (TPSA) is 218 Å². The number of anilines is 4. The molecule has 0 aliphatic rings. The van der Waals surface area contributed by atoms with Crippen LogP contribution >= 0.6 is 58.0 Å². The highest BCUT2D eigenvalue weighted by molar-refractivity contribution is 6.32. The van der Waals surface area contributed by atoms with Crippen LogP contribution in [-0.2, 0) is 36.8 Å². The lowest BCUT2D eigenvalue weighted by Gasteiger charge is -2.15. The Labute approximate surface area is 403 Å². The number of carbonyl (C=O) groups excluding carboxylic acids is 6. The Morgan fingerprint density at radius 3 is 1.36 bits per heavy atom. The summed E-state index contributed by atoms with van der Waals surface area (Å²) in [7, 11) is 2.97. The maximum Gasteiger partial charge on any atom is 0.258 e. The van der Waals surface area contributed by atoms with Gasteiger partial charge in [-0.1, -0.05) is 35.3 Å². The SMILES string of the molecule is COc1ccc(CCl)c(NC(=O)c2cc(Cl)cc(N=NC(C(C)=O)C(=O)Nc3ccc(NC(=O)C(N=Nc4cc(Cl)cc(C(=O)Nc5cc(OC)ccc5CCl)c4)C(C)=O)c(CCl)c3)c2)c1. The maximum absolute atomic E-state index is 13.4. The first-order valence-corrected chi connectivity index (χ1v) is 21.7. The van der Waals surface area contributed by atoms with Crippen LogP contribution in [0.15, 0.2) is 111 Å². The van der Waals surface area contributed by atoms with Crippen molar-refractivity contribution in [2.24, 2.45) is 20.5 Å². The second-order valence-electron chi connectivity index (χ2n) is 14.1. The quantitative estimate of drug-likeness (QED) is 0.0353. The van der Waals surface area contributed by atoms with Gasteiger partial charge in [0.15, 0.2) is 11.6 Å². The fraction of sp³-hybridized carbons (Fsp3) is 0.200. The van der Waals surface area contributed by atoms with Crippen molar-refractivity contribution in [3.8, 4) is 11.5 Å². The standard InChI is InChI=1S/C45H39Cl5N8O8/c1-23(59)40(57-55-33-13-27(11-30(49)16-33)42(61)53-38-18-35(65-3)8-5-25(38)20-46)44(63)51-32-7-10-37(29(15-32)22-48)52-45(64)41(24(2)60)58-56-34-14-28(12-31(50)17-34)43(62)54-39-19-36(66-4)9-6-26(39)21-47/h5-19,40-41H,20-22H2,1-4H3,(H,51,63)(H,52,64)(H,53,61)(H,54,62). The summed E-state index contributed by atoms with van der Waals surface area (Å²) in [4.78, 5) is 78.5. The second kappa shape index (κ2) is 23.7. The van der Waals surface area contributed by atoms with Gasteiger partial charge in [0, 0.05) is 73.7 Å². The zero-order chi connectivity index (χ0) is 48.1. The van der Waals surface area contributed by atoms with Gasteiger partial charge in [-0.25, -0.2) is 0 Å². The molecule has 5 aromatic rings. The van der Waals surface area contributed by atoms with Gasteiger partial charge in [-0.05, 0) is 97.3 Å². The molecule has 5 aromatic carbocycles. The van der Waals surface area contributed by atoms with Crippen LogP contribution in [0.2, 0.25) is 10.0 Å². The number of methoxy groups -OCH3 is 2. The van der Waals surface area contributed by atoms with E-state index in [9.17, 15) is 28.8 Å². The molecule has 0 spiro atoms. The largest absolute Gasteiger partial charge is 0.497 e. The van der Waals surface area contributed by atoms with E-state index in [4.69, 9.17) is 67.5 Å². The number of ketones is 2. The van der Waals surface area contributed by atoms with Crippen molar-refractivity contribution in [1.29, 1.82) is 0 Å². The first-order chi connectivity index (χ1) is 31.5. The van der Waals surface area contributed by atoms with Crippen molar-refractivity contribution in [2.45, 2.75) is 43.6 Å². The molecule has 16 nitrogen and oxygen atoms in total. The minimum absolute atomic E-state index is 0.0755. The monoisotopic (exact) mass is 994 g/mol. The number of carbonyl (C=O) groups is 6. The van der Waals surface area contributed by atoms with Crippen LogP contribution in [0.1, 0.15) is 51.3 Å². The third-order valence-electron chi connectivity index (χ3n) is 9.33. The molecule has 21 heteroatoms. The van der Waals surface area contributed by atoms with Gasteiger partial charge in [0.2, 0.25) is 12.1 Å². The minimum Gasteiger partial charge on any atom is -0.497 e. The van der Waals surface area contributed by atoms with E-state index < -0.39 is 47.3 Å². The van der Waals surface area contributed by atoms with E-state index >= 15 is 0 Å². The number of amides is 4. The number of Topliss-reactive ketones (excluding diaryl/α,β-unsaturated/α-hetero) is 2. The fourth-order valence-corrected chi connectivity index (χ4v) is 7.09. The zero-order valence-electron chi connectivity index (χ0n) is 35.4. The van der Waals surface area contributed by atoms with E-state index in [1.165, 1.54) is 68.8 Å². The number of nitrogens with zero attached hydrogens (tertiary/aromatic N) is 4. The average molecular weight is 997 g/mol. The fourth-order valence-electron chi connectivity index (χ4n) is 5.95. The molecule has 0 bridgehead atoms. The molecule has 342 valence electrons. The normalized spacial score (nSPS) is 12.0. The van der Waals surface area contributed by atoms with E-state index in [1.54, 1.807) is 36.4 Å². The average Bonchev–Trinajstić information content (AvgIpc) is 3.28. The van der Waals surface area contributed by atoms with Gasteiger partial charge < -0.3 is 30.7 Å². The van der Waals surface area contributed by atoms with Gasteiger partial charge in [-0.15, -0.1) is 34.8 Å². The van der Waals surface area contributed by atoms with E-state index in [1.807, 2.05) is 0 Å². The second-order valence-corrected chi connectivity index (χ2v) is 15.7. The molecule has 0 aromatic heterocycles. The lowest BCUT2D eigenvalue weighted by atomic mass is 10.1. The minimum atomic E-state index is -1.63. The summed E-state index contributed by atoms with van der Waals surface area (Å²) >= 11 is 30.9. The third-order valence-corrected chi connectivity index (χ3v) is 10.6. The summed E-state index contributed by atoms with van der Waals surface area (Å²) in [6.45, 7) is 2.30. The van der Waals surface area contributed by atoms with Crippen molar-refractivity contribution >= 4 is 127 Å². The van der Waals surface area contributed by atoms with Crippen molar-refractivity contribution in [1.82, 2.24) is 0 Å². The van der Waals surface area contributed by atoms with Crippen LogP contribution in [0, 0.1) is 0 Å². The molecule has 4 N–H and O–H groups in total. The molecule has 5 rings (SSSR count). The van der Waals surface area contributed by atoms with Crippen LogP contribution in [0.4, 0.5) is 34.1 Å². The van der Waals surface area contributed by atoms with Gasteiger partial charge in [0.25, 0.3) is 23.6 Å². The summed E-state index contributed by atoms with van der Waals surface area (Å²) in [6, 6.07) is 19.4. The molecule has 0 saturated heterocycles. The number of halogens is 5. The van der Waals surface area contributed by atoms with Crippen LogP contribution in [-0.4, -0.2) is 61.5 Å². The van der Waals surface area contributed by atoms with Crippen LogP contribution < -0.4 is 30.7 Å². The maximum atomic E-state index is 13.4. The highest BCUT2D eigenvalue weighted by Gasteiger charge is 2.26. The lowest BCUT2D eigenvalue weighted by molar-refractivity contribution is -0.127. The van der Waals surface area contributed by atoms with Crippen LogP contribution in [0.25, 0.3) is 0 Å². The van der Waals surface area contributed by atoms with Crippen molar-refractivity contribution in [3.63, 3.8) is 0 Å². The number of rotatable bonds is 19. The van der Waals surface area contributed by atoms with Crippen LogP contribution in [0.3, 0.4) is 0 Å². The number of benzene rings is 5. The molecular weight excluding hydrogens is 958 g/mol. The predicted octanol–water partition coefficient (Wildman–Crippen LogP) is 11.1. The van der Waals surface area contributed by atoms with Gasteiger partial charge in [-0.3, -0.25) is 28.8 Å². The molecule has 66 heavy (non-hydrogen) atoms. The summed E-state index contributed by atoms with van der Waals surface area (Å²) < 4.78 is 10.5. The molecule has 0 fully saturated rings. The Morgan fingerprint density at radius 2 is 0.955 bits per heavy atom. The zero-order valence-corrected chi connectivity index (χ0v) is 39.2. The van der Waals surface area contributed by atoms with Crippen molar-refractivity contribution < 1.29 is 38.2 Å². The van der Waals surface area contributed by atoms with Gasteiger partial charge in [0.05, 0.1) is 25.6 Å². The van der Waals surface area contributed by atoms with E-state index in [0.717, 1.165) is 13.8 Å². The third kappa shape index (κ3) is 13.6. The number of hydrogen-bond donors (Lipinski definition) is 4. The summed E-state index contributed by atoms with van der Waals surface area (Å²) in [5.74, 6) is -3.05. The van der Waals surface area contributed by atoms with Gasteiger partial charge in [0.1, 0.15) is 11.5 Å². The Morgan fingerprint density at radius 1 is 0.515 bits per heavy atom. The molecule has 2 atom stereocenters. The molecule has 4 amide bonds. The molecular formula is C45H39Cl5N8O8. The van der Waals surface area contributed by atoms with Crippen LogP contribution in [0.5, 0.6) is 11.5 Å². The Balaban J connectivity index is 1.27. The summed E-state index contributed by atoms with van der Waals surface area (Å²) in [5.41, 5.74) is 3.16. The van der Waals surface area contributed by atoms with E-state index in [-0.39, 0.29) is 61.6 Å². The summed E-state index contributed by atoms with van der Waals surface area (Å²) in [6.07, 6.45) is 0. The first kappa shape index (κ1) is 50.6. The van der Waals surface area contributed by atoms with Crippen molar-refractivity contribution in [3.05, 3.63) is 129 Å². The number of azo groups is 2. The van der Waals surface area contributed by atoms with Crippen molar-refractivity contribution in [2.75, 3.05) is 35.5 Å². The molecule has 0 aliphatic carbocycles. The highest BCUT2D eigenvalue weighted by Crippen LogP contribution is 2.30. The summed E-state index contributed by atoms with van der Waals surface area (Å²) in [5, 5.41) is 27.0. The number of alkyl halides is 3. The molecule has 0 heterocycles. The lowest BCUT2D eigenvalue weighted by Crippen LogP contribution is -2.32. The Hall–Kier alpha value is -6.43. The van der Waals surface area contributed by atoms with Gasteiger partial charge >= 0.3 is 0 Å². The number of nitrogens with one attached hydrogen (secondary N) is 4. The first-order valence-electron chi connectivity index (χ1n) is 19.4. The van der Waals surface area contributed by atoms with E-state index in [2.05, 4.69) is 41.7 Å². The Bertz CT molecular complexity index is 2750.